The van der Waals surface area contributed by atoms with Crippen LogP contribution in [0.4, 0.5) is 0 Å². The van der Waals surface area contributed by atoms with Gasteiger partial charge in [-0.15, -0.1) is 0 Å². The van der Waals surface area contributed by atoms with Crippen LogP contribution in [0.2, 0.25) is 5.02 Å². The Hall–Kier alpha value is -2.97. The minimum atomic E-state index is -0.467. The second kappa shape index (κ2) is 11.1. The van der Waals surface area contributed by atoms with Gasteiger partial charge in [0.25, 0.3) is 11.8 Å². The van der Waals surface area contributed by atoms with Crippen molar-refractivity contribution < 1.29 is 28.7 Å². The third-order valence-corrected chi connectivity index (χ3v) is 4.19. The molecule has 2 aromatic rings. The molecule has 29 heavy (non-hydrogen) atoms. The van der Waals surface area contributed by atoms with Crippen molar-refractivity contribution in [1.82, 2.24) is 10.9 Å². The van der Waals surface area contributed by atoms with Gasteiger partial charge in [0.1, 0.15) is 12.3 Å². The number of benzene rings is 2. The maximum atomic E-state index is 12.0. The summed E-state index contributed by atoms with van der Waals surface area (Å²) in [5.41, 5.74) is 5.70. The van der Waals surface area contributed by atoms with Crippen LogP contribution in [0, 0.1) is 0 Å². The summed E-state index contributed by atoms with van der Waals surface area (Å²) in [6.45, 7) is 0.546. The Morgan fingerprint density at radius 2 is 1.62 bits per heavy atom. The molecule has 0 aliphatic carbocycles. The van der Waals surface area contributed by atoms with E-state index in [0.29, 0.717) is 28.8 Å². The molecule has 0 aliphatic rings. The number of nitrogens with one attached hydrogen (secondary N) is 3. The lowest BCUT2D eigenvalue weighted by Gasteiger charge is -2.15. The van der Waals surface area contributed by atoms with E-state index < -0.39 is 5.91 Å². The lowest BCUT2D eigenvalue weighted by molar-refractivity contribution is -0.885. The molecule has 0 bridgehead atoms. The van der Waals surface area contributed by atoms with Crippen molar-refractivity contribution in [2.24, 2.45) is 0 Å². The Morgan fingerprint density at radius 3 is 2.28 bits per heavy atom. The summed E-state index contributed by atoms with van der Waals surface area (Å²) < 4.78 is 15.8. The Kier molecular flexibility index (Phi) is 8.57. The summed E-state index contributed by atoms with van der Waals surface area (Å²) >= 11 is 5.78. The number of amides is 2. The minimum Gasteiger partial charge on any atom is -0.493 e. The van der Waals surface area contributed by atoms with Crippen LogP contribution in [0.5, 0.6) is 17.2 Å². The smallest absolute Gasteiger partial charge is 0.293 e. The fourth-order valence-corrected chi connectivity index (χ4v) is 2.70. The third-order valence-electron chi connectivity index (χ3n) is 3.94. The van der Waals surface area contributed by atoms with Gasteiger partial charge in [0.2, 0.25) is 0 Å². The summed E-state index contributed by atoms with van der Waals surface area (Å²) in [5.74, 6) is 1.01. The first-order valence-corrected chi connectivity index (χ1v) is 9.27. The van der Waals surface area contributed by atoms with Gasteiger partial charge in [0.15, 0.2) is 24.7 Å². The Labute approximate surface area is 174 Å². The predicted molar refractivity (Wildman–Crippen MR) is 108 cm³/mol. The van der Waals surface area contributed by atoms with E-state index in [1.165, 1.54) is 0 Å². The molecule has 0 saturated carbocycles. The van der Waals surface area contributed by atoms with Crippen molar-refractivity contribution in [3.63, 3.8) is 0 Å². The molecule has 9 heteroatoms. The summed E-state index contributed by atoms with van der Waals surface area (Å²) in [6, 6.07) is 12.2. The van der Waals surface area contributed by atoms with Gasteiger partial charge >= 0.3 is 0 Å². The predicted octanol–water partition coefficient (Wildman–Crippen LogP) is 0.598. The number of carbonyl (C=O) groups is 2. The number of ether oxygens (including phenoxy) is 3. The van der Waals surface area contributed by atoms with Crippen LogP contribution in [0.15, 0.2) is 42.5 Å². The topological polar surface area (TPSA) is 90.3 Å². The SMILES string of the molecule is COc1ccc(C[NH+](C)CC(=O)NNC(=O)COc2ccc(Cl)cc2)cc1OC. The van der Waals surface area contributed by atoms with Gasteiger partial charge < -0.3 is 19.1 Å². The molecule has 1 unspecified atom stereocenters. The summed E-state index contributed by atoms with van der Waals surface area (Å²) in [6.07, 6.45) is 0. The standard InChI is InChI=1S/C20H24ClN3O5/c1-24(11-14-4-9-17(27-2)18(10-14)28-3)12-19(25)22-23-20(26)13-29-16-7-5-15(21)6-8-16/h4-10H,11-13H2,1-3H3,(H,22,25)(H,23,26)/p+1. The van der Waals surface area contributed by atoms with Gasteiger partial charge in [-0.05, 0) is 42.5 Å². The van der Waals surface area contributed by atoms with E-state index in [0.717, 1.165) is 10.5 Å². The zero-order chi connectivity index (χ0) is 21.2. The van der Waals surface area contributed by atoms with Crippen molar-refractivity contribution in [3.05, 3.63) is 53.1 Å². The van der Waals surface area contributed by atoms with Crippen molar-refractivity contribution in [3.8, 4) is 17.2 Å². The molecule has 0 aromatic heterocycles. The van der Waals surface area contributed by atoms with Crippen LogP contribution in [0.1, 0.15) is 5.56 Å². The van der Waals surface area contributed by atoms with Crippen LogP contribution in [0.25, 0.3) is 0 Å². The van der Waals surface area contributed by atoms with Crippen molar-refractivity contribution in [1.29, 1.82) is 0 Å². The van der Waals surface area contributed by atoms with Gasteiger partial charge in [-0.1, -0.05) is 11.6 Å². The molecule has 2 rings (SSSR count). The van der Waals surface area contributed by atoms with Crippen LogP contribution < -0.4 is 30.0 Å². The second-order valence-electron chi connectivity index (χ2n) is 6.34. The number of rotatable bonds is 9. The van der Waals surface area contributed by atoms with Crippen molar-refractivity contribution in [2.45, 2.75) is 6.54 Å². The first-order valence-electron chi connectivity index (χ1n) is 8.89. The highest BCUT2D eigenvalue weighted by atomic mass is 35.5. The zero-order valence-electron chi connectivity index (χ0n) is 16.6. The first-order chi connectivity index (χ1) is 13.9. The number of quaternary nitrogens is 1. The average Bonchev–Trinajstić information content (AvgIpc) is 2.71. The molecule has 0 spiro atoms. The molecule has 0 radical (unpaired) electrons. The second-order valence-corrected chi connectivity index (χ2v) is 6.78. The van der Waals surface area contributed by atoms with Crippen LogP contribution >= 0.6 is 11.6 Å². The highest BCUT2D eigenvalue weighted by Gasteiger charge is 2.13. The highest BCUT2D eigenvalue weighted by Crippen LogP contribution is 2.27. The van der Waals surface area contributed by atoms with Crippen LogP contribution in [-0.2, 0) is 16.1 Å². The van der Waals surface area contributed by atoms with Crippen molar-refractivity contribution >= 4 is 23.4 Å². The number of halogens is 1. The molecule has 2 aromatic carbocycles. The third kappa shape index (κ3) is 7.52. The lowest BCUT2D eigenvalue weighted by Crippen LogP contribution is -3.09. The number of carbonyl (C=O) groups excluding carboxylic acids is 2. The minimum absolute atomic E-state index is 0.173. The van der Waals surface area contributed by atoms with Gasteiger partial charge in [0, 0.05) is 10.6 Å². The maximum Gasteiger partial charge on any atom is 0.293 e. The lowest BCUT2D eigenvalue weighted by atomic mass is 10.2. The Balaban J connectivity index is 1.72. The van der Waals surface area contributed by atoms with E-state index in [1.54, 1.807) is 38.5 Å². The summed E-state index contributed by atoms with van der Waals surface area (Å²) in [5, 5.41) is 0.578. The molecule has 8 nitrogen and oxygen atoms in total. The van der Waals surface area contributed by atoms with Crippen molar-refractivity contribution in [2.75, 3.05) is 34.4 Å². The molecule has 0 heterocycles. The molecular formula is C20H25ClN3O5+. The zero-order valence-corrected chi connectivity index (χ0v) is 17.3. The van der Waals surface area contributed by atoms with Gasteiger partial charge in [0.05, 0.1) is 21.3 Å². The number of methoxy groups -OCH3 is 2. The molecule has 1 atom stereocenters. The van der Waals surface area contributed by atoms with Gasteiger partial charge in [-0.25, -0.2) is 0 Å². The molecule has 156 valence electrons. The van der Waals surface area contributed by atoms with Gasteiger partial charge in [-0.3, -0.25) is 20.4 Å². The van der Waals surface area contributed by atoms with E-state index in [9.17, 15) is 9.59 Å². The molecule has 2 amide bonds. The van der Waals surface area contributed by atoms with Gasteiger partial charge in [-0.2, -0.15) is 0 Å². The molecule has 0 fully saturated rings. The summed E-state index contributed by atoms with van der Waals surface area (Å²) in [7, 11) is 5.03. The highest BCUT2D eigenvalue weighted by molar-refractivity contribution is 6.30. The van der Waals surface area contributed by atoms with E-state index >= 15 is 0 Å². The molecule has 0 aliphatic heterocycles. The summed E-state index contributed by atoms with van der Waals surface area (Å²) in [4.78, 5) is 24.8. The first kappa shape index (κ1) is 22.3. The molecule has 0 saturated heterocycles. The number of hydrogen-bond acceptors (Lipinski definition) is 5. The molecule has 3 N–H and O–H groups in total. The van der Waals surface area contributed by atoms with Crippen LogP contribution in [-0.4, -0.2) is 46.2 Å². The molecular weight excluding hydrogens is 398 g/mol. The Morgan fingerprint density at radius 1 is 0.966 bits per heavy atom. The number of hydrazine groups is 1. The normalized spacial score (nSPS) is 11.3. The quantitative estimate of drug-likeness (QED) is 0.515. The van der Waals surface area contributed by atoms with E-state index in [4.69, 9.17) is 25.8 Å². The van der Waals surface area contributed by atoms with E-state index in [-0.39, 0.29) is 19.1 Å². The fraction of sp³-hybridized carbons (Fsp3) is 0.300. The fourth-order valence-electron chi connectivity index (χ4n) is 2.58. The number of hydrogen-bond donors (Lipinski definition) is 3. The Bertz CT molecular complexity index is 829. The van der Waals surface area contributed by atoms with Crippen LogP contribution in [0.3, 0.4) is 0 Å². The maximum absolute atomic E-state index is 12.0. The van der Waals surface area contributed by atoms with E-state index in [2.05, 4.69) is 10.9 Å². The largest absolute Gasteiger partial charge is 0.493 e. The van der Waals surface area contributed by atoms with E-state index in [1.807, 2.05) is 25.2 Å². The monoisotopic (exact) mass is 422 g/mol. The number of likely N-dealkylation sites (N-methyl/N-ethyl adjacent to an activating group) is 1. The average molecular weight is 423 g/mol.